The van der Waals surface area contributed by atoms with Gasteiger partial charge < -0.3 is 24.3 Å². The third-order valence-electron chi connectivity index (χ3n) is 4.95. The first-order valence-electron chi connectivity index (χ1n) is 9.21. The monoisotopic (exact) mass is 455 g/mol. The maximum absolute atomic E-state index is 6.53. The fraction of sp³-hybridized carbons (Fsp3) is 0.217. The fourth-order valence-corrected chi connectivity index (χ4v) is 3.95. The van der Waals surface area contributed by atoms with Crippen LogP contribution >= 0.6 is 15.9 Å². The maximum atomic E-state index is 6.53. The zero-order chi connectivity index (χ0) is 20.4. The van der Waals surface area contributed by atoms with Crippen molar-refractivity contribution < 1.29 is 18.9 Å². The van der Waals surface area contributed by atoms with E-state index in [0.29, 0.717) is 17.2 Å². The number of ether oxygens (including phenoxy) is 4. The number of anilines is 1. The highest BCUT2D eigenvalue weighted by Crippen LogP contribution is 2.45. The molecular weight excluding hydrogens is 434 g/mol. The predicted molar refractivity (Wildman–Crippen MR) is 116 cm³/mol. The third-order valence-corrected chi connectivity index (χ3v) is 5.44. The van der Waals surface area contributed by atoms with Crippen molar-refractivity contribution in [3.05, 3.63) is 81.8 Å². The molecule has 4 rings (SSSR count). The molecule has 150 valence electrons. The van der Waals surface area contributed by atoms with E-state index in [9.17, 15) is 0 Å². The molecule has 2 atom stereocenters. The number of hydrogen-bond acceptors (Lipinski definition) is 5. The van der Waals surface area contributed by atoms with Crippen LogP contribution in [0.5, 0.6) is 17.2 Å². The summed E-state index contributed by atoms with van der Waals surface area (Å²) < 4.78 is 24.0. The lowest BCUT2D eigenvalue weighted by molar-refractivity contribution is 0.0154. The zero-order valence-corrected chi connectivity index (χ0v) is 18.0. The van der Waals surface area contributed by atoms with Crippen molar-refractivity contribution in [2.75, 3.05) is 26.6 Å². The van der Waals surface area contributed by atoms with Gasteiger partial charge in [-0.05, 0) is 35.9 Å². The first-order chi connectivity index (χ1) is 14.1. The van der Waals surface area contributed by atoms with Crippen LogP contribution in [0.3, 0.4) is 0 Å². The summed E-state index contributed by atoms with van der Waals surface area (Å²) in [5, 5.41) is 3.49. The largest absolute Gasteiger partial charge is 0.493 e. The van der Waals surface area contributed by atoms with Crippen LogP contribution in [0.1, 0.15) is 29.0 Å². The maximum Gasteiger partial charge on any atom is 0.203 e. The lowest BCUT2D eigenvalue weighted by Gasteiger charge is -2.34. The molecule has 29 heavy (non-hydrogen) atoms. The number of hydrogen-bond donors (Lipinski definition) is 1. The van der Waals surface area contributed by atoms with Crippen molar-refractivity contribution in [3.8, 4) is 17.2 Å². The molecule has 0 amide bonds. The Bertz CT molecular complexity index is 984. The van der Waals surface area contributed by atoms with E-state index in [0.717, 1.165) is 26.9 Å². The van der Waals surface area contributed by atoms with Crippen molar-refractivity contribution in [1.29, 1.82) is 0 Å². The smallest absolute Gasteiger partial charge is 0.203 e. The van der Waals surface area contributed by atoms with Gasteiger partial charge in [-0.1, -0.05) is 46.3 Å². The van der Waals surface area contributed by atoms with E-state index in [1.165, 1.54) is 0 Å². The van der Waals surface area contributed by atoms with Crippen LogP contribution in [0.4, 0.5) is 5.69 Å². The quantitative estimate of drug-likeness (QED) is 0.534. The molecular formula is C23H22BrNO4. The van der Waals surface area contributed by atoms with Crippen LogP contribution in [-0.2, 0) is 4.74 Å². The number of fused-ring (bicyclic) bond motifs is 1. The number of halogens is 1. The van der Waals surface area contributed by atoms with Crippen LogP contribution in [-0.4, -0.2) is 21.3 Å². The Hall–Kier alpha value is -2.70. The van der Waals surface area contributed by atoms with Gasteiger partial charge in [-0.2, -0.15) is 0 Å². The van der Waals surface area contributed by atoms with Gasteiger partial charge in [0.2, 0.25) is 5.75 Å². The lowest BCUT2D eigenvalue weighted by atomic mass is 9.97. The van der Waals surface area contributed by atoms with Gasteiger partial charge in [0, 0.05) is 21.3 Å². The zero-order valence-electron chi connectivity index (χ0n) is 16.4. The van der Waals surface area contributed by atoms with E-state index in [2.05, 4.69) is 45.5 Å². The highest BCUT2D eigenvalue weighted by atomic mass is 79.9. The first kappa shape index (κ1) is 19.6. The molecule has 0 spiro atoms. The fourth-order valence-electron chi connectivity index (χ4n) is 3.57. The minimum Gasteiger partial charge on any atom is -0.493 e. The Balaban J connectivity index is 1.79. The van der Waals surface area contributed by atoms with Crippen LogP contribution in [0.25, 0.3) is 0 Å². The van der Waals surface area contributed by atoms with Crippen molar-refractivity contribution in [1.82, 2.24) is 0 Å². The van der Waals surface area contributed by atoms with Gasteiger partial charge in [0.25, 0.3) is 0 Å². The molecule has 1 aliphatic rings. The Kier molecular flexibility index (Phi) is 5.65. The lowest BCUT2D eigenvalue weighted by Crippen LogP contribution is -2.25. The molecule has 3 aromatic carbocycles. The van der Waals surface area contributed by atoms with Crippen molar-refractivity contribution >= 4 is 21.6 Å². The summed E-state index contributed by atoms with van der Waals surface area (Å²) in [6.07, 6.45) is -0.600. The summed E-state index contributed by atoms with van der Waals surface area (Å²) in [6.45, 7) is 0. The molecule has 3 aromatic rings. The topological polar surface area (TPSA) is 49.0 Å². The van der Waals surface area contributed by atoms with Gasteiger partial charge in [0.1, 0.15) is 6.10 Å². The molecule has 0 unspecified atom stereocenters. The van der Waals surface area contributed by atoms with Gasteiger partial charge in [0.05, 0.1) is 21.3 Å². The van der Waals surface area contributed by atoms with Gasteiger partial charge in [-0.3, -0.25) is 0 Å². The minimum atomic E-state index is -0.386. The normalized spacial score (nSPS) is 17.8. The molecule has 0 aliphatic carbocycles. The number of nitrogens with one attached hydrogen (secondary N) is 1. The highest BCUT2D eigenvalue weighted by molar-refractivity contribution is 9.10. The number of benzene rings is 3. The van der Waals surface area contributed by atoms with E-state index in [4.69, 9.17) is 18.9 Å². The molecule has 5 nitrogen and oxygen atoms in total. The van der Waals surface area contributed by atoms with Crippen molar-refractivity contribution in [3.63, 3.8) is 0 Å². The molecule has 0 aromatic heterocycles. The summed E-state index contributed by atoms with van der Waals surface area (Å²) in [5.41, 5.74) is 4.07. The molecule has 0 saturated carbocycles. The molecule has 0 fully saturated rings. The van der Waals surface area contributed by atoms with Gasteiger partial charge in [0.15, 0.2) is 17.7 Å². The van der Waals surface area contributed by atoms with Gasteiger partial charge in [-0.15, -0.1) is 0 Å². The molecule has 1 heterocycles. The molecule has 0 radical (unpaired) electrons. The Morgan fingerprint density at radius 3 is 2.14 bits per heavy atom. The highest BCUT2D eigenvalue weighted by Gasteiger charge is 2.30. The SMILES string of the molecule is COc1cc([C@H]2Nc3ccc(Br)cc3[C@@H](c3ccccc3)O2)cc(OC)c1OC. The van der Waals surface area contributed by atoms with Crippen LogP contribution < -0.4 is 19.5 Å². The van der Waals surface area contributed by atoms with E-state index in [1.54, 1.807) is 21.3 Å². The Morgan fingerprint density at radius 1 is 0.828 bits per heavy atom. The Morgan fingerprint density at radius 2 is 1.52 bits per heavy atom. The predicted octanol–water partition coefficient (Wildman–Crippen LogP) is 5.71. The van der Waals surface area contributed by atoms with Crippen LogP contribution in [0, 0.1) is 0 Å². The first-order valence-corrected chi connectivity index (χ1v) is 10.00. The summed E-state index contributed by atoms with van der Waals surface area (Å²) in [6, 6.07) is 20.2. The summed E-state index contributed by atoms with van der Waals surface area (Å²) >= 11 is 3.57. The molecule has 0 bridgehead atoms. The van der Waals surface area contributed by atoms with Gasteiger partial charge in [-0.25, -0.2) is 0 Å². The average molecular weight is 456 g/mol. The number of methoxy groups -OCH3 is 3. The summed E-state index contributed by atoms with van der Waals surface area (Å²) in [5.74, 6) is 1.73. The standard InChI is InChI=1S/C23H22BrNO4/c1-26-19-11-15(12-20(27-2)22(19)28-3)23-25-18-10-9-16(24)13-17(18)21(29-23)14-7-5-4-6-8-14/h4-13,21,23,25H,1-3H3/t21-,23+/m1/s1. The molecule has 1 aliphatic heterocycles. The molecule has 0 saturated heterocycles. The molecule has 1 N–H and O–H groups in total. The van der Waals surface area contributed by atoms with Crippen LogP contribution in [0.15, 0.2) is 65.1 Å². The van der Waals surface area contributed by atoms with Crippen molar-refractivity contribution in [2.24, 2.45) is 0 Å². The average Bonchev–Trinajstić information content (AvgIpc) is 2.77. The van der Waals surface area contributed by atoms with E-state index >= 15 is 0 Å². The second-order valence-electron chi connectivity index (χ2n) is 6.64. The van der Waals surface area contributed by atoms with Crippen molar-refractivity contribution in [2.45, 2.75) is 12.3 Å². The minimum absolute atomic E-state index is 0.214. The van der Waals surface area contributed by atoms with E-state index < -0.39 is 0 Å². The van der Waals surface area contributed by atoms with Crippen LogP contribution in [0.2, 0.25) is 0 Å². The van der Waals surface area contributed by atoms with Gasteiger partial charge >= 0.3 is 0 Å². The Labute approximate surface area is 178 Å². The third kappa shape index (κ3) is 3.78. The summed E-state index contributed by atoms with van der Waals surface area (Å²) in [4.78, 5) is 0. The second kappa shape index (κ2) is 8.35. The van der Waals surface area contributed by atoms with E-state index in [1.807, 2.05) is 36.4 Å². The number of rotatable bonds is 5. The molecule has 6 heteroatoms. The summed E-state index contributed by atoms with van der Waals surface area (Å²) in [7, 11) is 4.81. The second-order valence-corrected chi connectivity index (χ2v) is 7.56. The van der Waals surface area contributed by atoms with E-state index in [-0.39, 0.29) is 12.3 Å².